The van der Waals surface area contributed by atoms with Gasteiger partial charge in [0.05, 0.1) is 23.9 Å². The van der Waals surface area contributed by atoms with Crippen LogP contribution in [0.5, 0.6) is 5.75 Å². The summed E-state index contributed by atoms with van der Waals surface area (Å²) in [5.41, 5.74) is 3.05. The van der Waals surface area contributed by atoms with E-state index in [-0.39, 0.29) is 5.91 Å². The first-order valence-electron chi connectivity index (χ1n) is 9.88. The summed E-state index contributed by atoms with van der Waals surface area (Å²) < 4.78 is 7.20. The van der Waals surface area contributed by atoms with Crippen molar-refractivity contribution in [2.24, 2.45) is 0 Å². The third-order valence-electron chi connectivity index (χ3n) is 5.02. The summed E-state index contributed by atoms with van der Waals surface area (Å²) in [6, 6.07) is 17.2. The molecule has 30 heavy (non-hydrogen) atoms. The number of aryl methyl sites for hydroxylation is 1. The number of carbonyl (C=O) groups is 1. The Balaban J connectivity index is 1.60. The van der Waals surface area contributed by atoms with Crippen molar-refractivity contribution in [1.29, 1.82) is 0 Å². The van der Waals surface area contributed by atoms with E-state index < -0.39 is 0 Å². The van der Waals surface area contributed by atoms with Crippen LogP contribution in [0.3, 0.4) is 0 Å². The maximum atomic E-state index is 13.0. The van der Waals surface area contributed by atoms with Crippen molar-refractivity contribution in [2.45, 2.75) is 19.9 Å². The zero-order valence-electron chi connectivity index (χ0n) is 17.0. The third kappa shape index (κ3) is 4.00. The number of methoxy groups -OCH3 is 1. The molecule has 1 N–H and O–H groups in total. The highest BCUT2D eigenvalue weighted by Crippen LogP contribution is 2.26. The molecule has 0 radical (unpaired) electrons. The molecule has 7 heteroatoms. The molecule has 4 aromatic rings. The van der Waals surface area contributed by atoms with Crippen LogP contribution in [0.2, 0.25) is 0 Å². The van der Waals surface area contributed by atoms with Crippen molar-refractivity contribution in [2.75, 3.05) is 13.7 Å². The molecule has 0 aliphatic rings. The summed E-state index contributed by atoms with van der Waals surface area (Å²) in [7, 11) is 1.63. The first-order valence-corrected chi connectivity index (χ1v) is 9.88. The van der Waals surface area contributed by atoms with Gasteiger partial charge in [-0.3, -0.25) is 4.79 Å². The maximum Gasteiger partial charge on any atom is 0.252 e. The second-order valence-electron chi connectivity index (χ2n) is 6.84. The molecule has 0 aliphatic carbocycles. The molecule has 0 saturated heterocycles. The molecule has 0 fully saturated rings. The van der Waals surface area contributed by atoms with Gasteiger partial charge in [0.15, 0.2) is 0 Å². The number of ether oxygens (including phenoxy) is 1. The summed E-state index contributed by atoms with van der Waals surface area (Å²) in [6.07, 6.45) is 2.32. The van der Waals surface area contributed by atoms with Crippen molar-refractivity contribution in [3.8, 4) is 17.0 Å². The van der Waals surface area contributed by atoms with Crippen molar-refractivity contribution in [1.82, 2.24) is 25.1 Å². The number of aromatic nitrogens is 4. The van der Waals surface area contributed by atoms with Crippen molar-refractivity contribution >= 4 is 16.8 Å². The van der Waals surface area contributed by atoms with Crippen LogP contribution in [0, 0.1) is 0 Å². The van der Waals surface area contributed by atoms with Gasteiger partial charge in [-0.2, -0.15) is 0 Å². The van der Waals surface area contributed by atoms with Gasteiger partial charge in [0.2, 0.25) is 0 Å². The molecule has 0 unspecified atom stereocenters. The number of nitrogens with one attached hydrogen (secondary N) is 1. The fraction of sp³-hybridized carbons (Fsp3) is 0.217. The monoisotopic (exact) mass is 401 g/mol. The van der Waals surface area contributed by atoms with E-state index in [0.29, 0.717) is 18.5 Å². The molecule has 0 atom stereocenters. The number of rotatable bonds is 7. The molecule has 1 amide bonds. The van der Waals surface area contributed by atoms with Crippen LogP contribution in [-0.4, -0.2) is 39.3 Å². The van der Waals surface area contributed by atoms with Gasteiger partial charge in [-0.15, -0.1) is 10.2 Å². The number of hydrogen-bond acceptors (Lipinski definition) is 5. The van der Waals surface area contributed by atoms with E-state index in [4.69, 9.17) is 9.72 Å². The van der Waals surface area contributed by atoms with E-state index in [2.05, 4.69) is 15.5 Å². The first-order chi connectivity index (χ1) is 14.7. The van der Waals surface area contributed by atoms with E-state index in [9.17, 15) is 4.79 Å². The van der Waals surface area contributed by atoms with Crippen LogP contribution >= 0.6 is 0 Å². The number of fused-ring (bicyclic) bond motifs is 1. The Kier molecular flexibility index (Phi) is 5.70. The second-order valence-corrected chi connectivity index (χ2v) is 6.84. The Bertz CT molecular complexity index is 1170. The molecule has 2 aromatic heterocycles. The zero-order valence-corrected chi connectivity index (χ0v) is 17.0. The van der Waals surface area contributed by atoms with E-state index >= 15 is 0 Å². The predicted octanol–water partition coefficient (Wildman–Crippen LogP) is 3.49. The number of pyridine rings is 1. The van der Waals surface area contributed by atoms with Gasteiger partial charge in [-0.1, -0.05) is 18.2 Å². The molecule has 2 heterocycles. The quantitative estimate of drug-likeness (QED) is 0.513. The third-order valence-corrected chi connectivity index (χ3v) is 5.02. The minimum Gasteiger partial charge on any atom is -0.497 e. The molecular weight excluding hydrogens is 378 g/mol. The van der Waals surface area contributed by atoms with Crippen molar-refractivity contribution < 1.29 is 9.53 Å². The Morgan fingerprint density at radius 3 is 2.70 bits per heavy atom. The molecule has 7 nitrogen and oxygen atoms in total. The smallest absolute Gasteiger partial charge is 0.252 e. The largest absolute Gasteiger partial charge is 0.497 e. The average Bonchev–Trinajstić information content (AvgIpc) is 3.25. The number of nitrogens with zero attached hydrogens (tertiary/aromatic N) is 4. The highest BCUT2D eigenvalue weighted by atomic mass is 16.5. The number of para-hydroxylation sites is 1. The predicted molar refractivity (Wildman–Crippen MR) is 115 cm³/mol. The zero-order chi connectivity index (χ0) is 20.9. The SMILES string of the molecule is CCn1cnnc1CCNC(=O)c1cc(-c2ccc(OC)cc2)nc2ccccc12. The fourth-order valence-corrected chi connectivity index (χ4v) is 3.39. The summed E-state index contributed by atoms with van der Waals surface area (Å²) in [5.74, 6) is 1.50. The van der Waals surface area contributed by atoms with Crippen molar-refractivity contribution in [3.05, 3.63) is 72.3 Å². The lowest BCUT2D eigenvalue weighted by molar-refractivity contribution is 0.0955. The highest BCUT2D eigenvalue weighted by Gasteiger charge is 2.14. The van der Waals surface area contributed by atoms with Crippen LogP contribution in [0.25, 0.3) is 22.2 Å². The highest BCUT2D eigenvalue weighted by molar-refractivity contribution is 6.07. The van der Waals surface area contributed by atoms with Gasteiger partial charge in [-0.05, 0) is 43.3 Å². The molecular formula is C23H23N5O2. The summed E-state index contributed by atoms with van der Waals surface area (Å²) in [5, 5.41) is 11.9. The topological polar surface area (TPSA) is 81.9 Å². The summed E-state index contributed by atoms with van der Waals surface area (Å²) in [6.45, 7) is 3.32. The van der Waals surface area contributed by atoms with Gasteiger partial charge < -0.3 is 14.6 Å². The van der Waals surface area contributed by atoms with Crippen LogP contribution in [0.4, 0.5) is 0 Å². The van der Waals surface area contributed by atoms with Gasteiger partial charge in [0.1, 0.15) is 17.9 Å². The van der Waals surface area contributed by atoms with Crippen LogP contribution < -0.4 is 10.1 Å². The molecule has 0 saturated carbocycles. The van der Waals surface area contributed by atoms with Crippen LogP contribution in [0.1, 0.15) is 23.1 Å². The van der Waals surface area contributed by atoms with Gasteiger partial charge in [0, 0.05) is 30.5 Å². The minimum absolute atomic E-state index is 0.133. The Morgan fingerprint density at radius 2 is 1.93 bits per heavy atom. The lowest BCUT2D eigenvalue weighted by Gasteiger charge is -2.11. The van der Waals surface area contributed by atoms with E-state index in [1.54, 1.807) is 13.4 Å². The molecule has 0 spiro atoms. The number of hydrogen-bond donors (Lipinski definition) is 1. The second kappa shape index (κ2) is 8.73. The molecule has 152 valence electrons. The Labute approximate surface area is 174 Å². The normalized spacial score (nSPS) is 10.9. The van der Waals surface area contributed by atoms with E-state index in [1.807, 2.05) is 66.1 Å². The fourth-order valence-electron chi connectivity index (χ4n) is 3.39. The number of benzene rings is 2. The van der Waals surface area contributed by atoms with Gasteiger partial charge >= 0.3 is 0 Å². The standard InChI is InChI=1S/C23H23N5O2/c1-3-28-15-25-27-22(28)12-13-24-23(29)19-14-21(16-8-10-17(30-2)11-9-16)26-20-7-5-4-6-18(19)20/h4-11,14-15H,3,12-13H2,1-2H3,(H,24,29). The Hall–Kier alpha value is -3.74. The lowest BCUT2D eigenvalue weighted by Crippen LogP contribution is -2.26. The summed E-state index contributed by atoms with van der Waals surface area (Å²) in [4.78, 5) is 17.8. The van der Waals surface area contributed by atoms with Crippen LogP contribution in [0.15, 0.2) is 60.9 Å². The molecule has 4 rings (SSSR count). The minimum atomic E-state index is -0.133. The Morgan fingerprint density at radius 1 is 1.13 bits per heavy atom. The van der Waals surface area contributed by atoms with E-state index in [0.717, 1.165) is 40.3 Å². The maximum absolute atomic E-state index is 13.0. The number of amides is 1. The summed E-state index contributed by atoms with van der Waals surface area (Å²) >= 11 is 0. The molecule has 0 aliphatic heterocycles. The van der Waals surface area contributed by atoms with Crippen molar-refractivity contribution in [3.63, 3.8) is 0 Å². The molecule has 0 bridgehead atoms. The van der Waals surface area contributed by atoms with Gasteiger partial charge in [0.25, 0.3) is 5.91 Å². The number of carbonyl (C=O) groups excluding carboxylic acids is 1. The van der Waals surface area contributed by atoms with E-state index in [1.165, 1.54) is 0 Å². The average molecular weight is 401 g/mol. The first kappa shape index (κ1) is 19.6. The van der Waals surface area contributed by atoms with Gasteiger partial charge in [-0.25, -0.2) is 4.98 Å². The van der Waals surface area contributed by atoms with Crippen LogP contribution in [-0.2, 0) is 13.0 Å². The lowest BCUT2D eigenvalue weighted by atomic mass is 10.0. The molecule has 2 aromatic carbocycles.